The summed E-state index contributed by atoms with van der Waals surface area (Å²) >= 11 is 0. The molecule has 1 N–H and O–H groups in total. The molecule has 0 radical (unpaired) electrons. The van der Waals surface area contributed by atoms with E-state index in [0.717, 1.165) is 42.5 Å². The van der Waals surface area contributed by atoms with Crippen molar-refractivity contribution in [1.29, 1.82) is 0 Å². The number of methoxy groups -OCH3 is 1. The highest BCUT2D eigenvalue weighted by molar-refractivity contribution is 6.03. The van der Waals surface area contributed by atoms with Gasteiger partial charge >= 0.3 is 0 Å². The van der Waals surface area contributed by atoms with Crippen molar-refractivity contribution in [3.8, 4) is 5.75 Å². The molecule has 1 aliphatic carbocycles. The van der Waals surface area contributed by atoms with Gasteiger partial charge in [-0.25, -0.2) is 0 Å². The molecule has 3 heterocycles. The smallest absolute Gasteiger partial charge is 0.271 e. The number of nitrogens with one attached hydrogen (secondary N) is 1. The van der Waals surface area contributed by atoms with Gasteiger partial charge in [-0.05, 0) is 32.8 Å². The second-order valence-corrected chi connectivity index (χ2v) is 10.2. The lowest BCUT2D eigenvalue weighted by Gasteiger charge is -2.44. The minimum Gasteiger partial charge on any atom is -0.496 e. The number of benzene rings is 1. The summed E-state index contributed by atoms with van der Waals surface area (Å²) in [5.41, 5.74) is 1.88. The quantitative estimate of drug-likeness (QED) is 0.548. The molecule has 7 heteroatoms. The van der Waals surface area contributed by atoms with Gasteiger partial charge in [0.15, 0.2) is 5.58 Å². The van der Waals surface area contributed by atoms with Crippen molar-refractivity contribution in [3.05, 3.63) is 53.4 Å². The number of carbonyl (C=O) groups is 2. The number of rotatable bonds is 5. The number of ether oxygens (including phenoxy) is 1. The number of para-hydroxylation sites is 1. The zero-order valence-corrected chi connectivity index (χ0v) is 20.9. The predicted octanol–water partition coefficient (Wildman–Crippen LogP) is 5.20. The lowest BCUT2D eigenvalue weighted by atomic mass is 9.91. The minimum absolute atomic E-state index is 0.0981. The summed E-state index contributed by atoms with van der Waals surface area (Å²) in [7, 11) is 1.62. The number of aromatic nitrogens is 1. The zero-order valence-electron chi connectivity index (χ0n) is 20.9. The van der Waals surface area contributed by atoms with E-state index in [2.05, 4.69) is 5.32 Å². The van der Waals surface area contributed by atoms with Crippen LogP contribution in [0.1, 0.15) is 73.7 Å². The number of nitrogens with zero attached hydrogens (tertiary/aromatic N) is 2. The fourth-order valence-electron chi connectivity index (χ4n) is 5.65. The molecule has 2 aliphatic rings. The first-order chi connectivity index (χ1) is 16.9. The van der Waals surface area contributed by atoms with E-state index in [9.17, 15) is 9.59 Å². The fraction of sp³-hybridized carbons (Fsp3) is 0.500. The van der Waals surface area contributed by atoms with Crippen LogP contribution in [0.3, 0.4) is 0 Å². The topological polar surface area (TPSA) is 76.7 Å². The summed E-state index contributed by atoms with van der Waals surface area (Å²) in [5, 5.41) is 3.34. The molecule has 1 aliphatic heterocycles. The van der Waals surface area contributed by atoms with Crippen LogP contribution < -0.4 is 10.1 Å². The molecule has 1 aromatic carbocycles. The summed E-state index contributed by atoms with van der Waals surface area (Å²) in [5.74, 6) is 1.21. The van der Waals surface area contributed by atoms with Gasteiger partial charge in [-0.15, -0.1) is 0 Å². The third kappa shape index (κ3) is 4.32. The SMILES string of the molecule is COc1ccccc1CN1C(=O)c2cc3oc(C)cc3n2C[C@]1(C)C(=O)NC1CCCCCCC1. The van der Waals surface area contributed by atoms with Crippen LogP contribution in [0.15, 0.2) is 40.8 Å². The van der Waals surface area contributed by atoms with Crippen LogP contribution >= 0.6 is 0 Å². The number of hydrogen-bond donors (Lipinski definition) is 1. The Kier molecular flexibility index (Phi) is 6.34. The van der Waals surface area contributed by atoms with Gasteiger partial charge in [0.2, 0.25) is 5.91 Å². The highest BCUT2D eigenvalue weighted by atomic mass is 16.5. The van der Waals surface area contributed by atoms with E-state index < -0.39 is 5.54 Å². The molecule has 5 rings (SSSR count). The minimum atomic E-state index is -1.07. The first-order valence-electron chi connectivity index (χ1n) is 12.8. The van der Waals surface area contributed by atoms with E-state index in [-0.39, 0.29) is 24.4 Å². The Morgan fingerprint density at radius 3 is 2.60 bits per heavy atom. The molecule has 7 nitrogen and oxygen atoms in total. The first kappa shape index (κ1) is 23.5. The molecule has 1 saturated carbocycles. The predicted molar refractivity (Wildman–Crippen MR) is 134 cm³/mol. The Morgan fingerprint density at radius 2 is 1.86 bits per heavy atom. The van der Waals surface area contributed by atoms with Gasteiger partial charge in [0.25, 0.3) is 5.91 Å². The van der Waals surface area contributed by atoms with Crippen molar-refractivity contribution in [1.82, 2.24) is 14.8 Å². The highest BCUT2D eigenvalue weighted by Gasteiger charge is 2.48. The largest absolute Gasteiger partial charge is 0.496 e. The van der Waals surface area contributed by atoms with Crippen molar-refractivity contribution in [2.24, 2.45) is 0 Å². The Labute approximate surface area is 206 Å². The standard InChI is InChI=1S/C28H35N3O4/c1-19-15-22-25(35-19)16-23-26(32)31(17-20-11-9-10-14-24(20)34-3)28(2,18-30(22)23)27(33)29-21-12-7-5-4-6-8-13-21/h9-11,14-16,21H,4-8,12-13,17-18H2,1-3H3,(H,29,33)/t28-/m1/s1. The summed E-state index contributed by atoms with van der Waals surface area (Å²) in [4.78, 5) is 29.6. The monoisotopic (exact) mass is 477 g/mol. The van der Waals surface area contributed by atoms with Crippen LogP contribution in [-0.2, 0) is 17.9 Å². The van der Waals surface area contributed by atoms with Crippen molar-refractivity contribution in [3.63, 3.8) is 0 Å². The van der Waals surface area contributed by atoms with Gasteiger partial charge in [-0.3, -0.25) is 9.59 Å². The van der Waals surface area contributed by atoms with Crippen LogP contribution in [0.25, 0.3) is 11.1 Å². The molecule has 0 unspecified atom stereocenters. The first-order valence-corrected chi connectivity index (χ1v) is 12.8. The number of amides is 2. The third-order valence-electron chi connectivity index (χ3n) is 7.69. The van der Waals surface area contributed by atoms with Gasteiger partial charge in [0, 0.05) is 23.7 Å². The molecule has 2 aromatic heterocycles. The lowest BCUT2D eigenvalue weighted by Crippen LogP contribution is -2.64. The van der Waals surface area contributed by atoms with Crippen LogP contribution in [0, 0.1) is 6.92 Å². The summed E-state index contributed by atoms with van der Waals surface area (Å²) in [6.07, 6.45) is 7.93. The van der Waals surface area contributed by atoms with Crippen LogP contribution in [0.2, 0.25) is 0 Å². The fourth-order valence-corrected chi connectivity index (χ4v) is 5.65. The number of hydrogen-bond acceptors (Lipinski definition) is 4. The molecule has 35 heavy (non-hydrogen) atoms. The Hall–Kier alpha value is -3.22. The van der Waals surface area contributed by atoms with Crippen molar-refractivity contribution in [2.45, 2.75) is 83.5 Å². The Balaban J connectivity index is 1.52. The molecular weight excluding hydrogens is 442 g/mol. The molecule has 2 amide bonds. The molecule has 1 fully saturated rings. The van der Waals surface area contributed by atoms with E-state index in [0.29, 0.717) is 23.6 Å². The zero-order chi connectivity index (χ0) is 24.6. The third-order valence-corrected chi connectivity index (χ3v) is 7.69. The maximum absolute atomic E-state index is 14.0. The molecular formula is C28H35N3O4. The Bertz CT molecular complexity index is 1230. The molecule has 0 spiro atoms. The number of furan rings is 1. The van der Waals surface area contributed by atoms with E-state index in [1.165, 1.54) is 19.3 Å². The van der Waals surface area contributed by atoms with E-state index >= 15 is 0 Å². The molecule has 0 bridgehead atoms. The molecule has 186 valence electrons. The van der Waals surface area contributed by atoms with E-state index in [1.807, 2.05) is 48.7 Å². The average Bonchev–Trinajstić information content (AvgIpc) is 3.35. The number of carbonyl (C=O) groups excluding carboxylic acids is 2. The van der Waals surface area contributed by atoms with Crippen molar-refractivity contribution >= 4 is 22.9 Å². The highest BCUT2D eigenvalue weighted by Crippen LogP contribution is 2.36. The van der Waals surface area contributed by atoms with Crippen molar-refractivity contribution in [2.75, 3.05) is 7.11 Å². The number of aryl methyl sites for hydroxylation is 1. The molecule has 1 atom stereocenters. The van der Waals surface area contributed by atoms with Gasteiger partial charge in [0.05, 0.1) is 25.7 Å². The molecule has 0 saturated heterocycles. The average molecular weight is 478 g/mol. The van der Waals surface area contributed by atoms with Gasteiger partial charge in [-0.1, -0.05) is 50.3 Å². The van der Waals surface area contributed by atoms with Crippen LogP contribution in [-0.4, -0.2) is 40.0 Å². The summed E-state index contributed by atoms with van der Waals surface area (Å²) in [6, 6.07) is 11.5. The van der Waals surface area contributed by atoms with Crippen molar-refractivity contribution < 1.29 is 18.7 Å². The second kappa shape index (κ2) is 9.44. The summed E-state index contributed by atoms with van der Waals surface area (Å²) in [6.45, 7) is 4.43. The van der Waals surface area contributed by atoms with Gasteiger partial charge in [0.1, 0.15) is 22.7 Å². The normalized spacial score (nSPS) is 21.5. The summed E-state index contributed by atoms with van der Waals surface area (Å²) < 4.78 is 13.3. The van der Waals surface area contributed by atoms with Gasteiger partial charge in [-0.2, -0.15) is 0 Å². The molecule has 3 aromatic rings. The maximum Gasteiger partial charge on any atom is 0.271 e. The number of fused-ring (bicyclic) bond motifs is 3. The van der Waals surface area contributed by atoms with E-state index in [4.69, 9.17) is 9.15 Å². The van der Waals surface area contributed by atoms with Crippen LogP contribution in [0.4, 0.5) is 0 Å². The van der Waals surface area contributed by atoms with Gasteiger partial charge < -0.3 is 23.9 Å². The van der Waals surface area contributed by atoms with E-state index in [1.54, 1.807) is 18.1 Å². The maximum atomic E-state index is 14.0. The lowest BCUT2D eigenvalue weighted by molar-refractivity contribution is -0.134. The van der Waals surface area contributed by atoms with Crippen LogP contribution in [0.5, 0.6) is 5.75 Å². The second-order valence-electron chi connectivity index (χ2n) is 10.2. The Morgan fingerprint density at radius 1 is 1.14 bits per heavy atom.